The van der Waals surface area contributed by atoms with Crippen molar-refractivity contribution >= 4 is 5.97 Å². The highest BCUT2D eigenvalue weighted by Gasteiger charge is 2.31. The third-order valence-electron chi connectivity index (χ3n) is 5.48. The molecule has 1 saturated heterocycles. The molecule has 1 aliphatic carbocycles. The van der Waals surface area contributed by atoms with E-state index in [-0.39, 0.29) is 24.7 Å². The summed E-state index contributed by atoms with van der Waals surface area (Å²) in [6.07, 6.45) is 5.11. The molecule has 1 aromatic carbocycles. The van der Waals surface area contributed by atoms with E-state index < -0.39 is 12.3 Å². The van der Waals surface area contributed by atoms with Gasteiger partial charge in [-0.2, -0.15) is 0 Å². The molecule has 0 radical (unpaired) electrons. The Bertz CT molecular complexity index is 888. The number of hydrogen-bond acceptors (Lipinski definition) is 4. The van der Waals surface area contributed by atoms with E-state index in [2.05, 4.69) is 22.6 Å². The highest BCUT2D eigenvalue weighted by Crippen LogP contribution is 2.27. The minimum absolute atomic E-state index is 0.118. The average molecular weight is 451 g/mol. The number of carboxylic acids is 1. The van der Waals surface area contributed by atoms with Crippen molar-refractivity contribution in [1.82, 2.24) is 4.90 Å². The number of benzene rings is 1. The van der Waals surface area contributed by atoms with Gasteiger partial charge in [-0.05, 0) is 68.4 Å². The van der Waals surface area contributed by atoms with E-state index >= 15 is 0 Å². The van der Waals surface area contributed by atoms with Crippen molar-refractivity contribution in [2.24, 2.45) is 5.92 Å². The third kappa shape index (κ3) is 7.66. The van der Waals surface area contributed by atoms with Crippen LogP contribution in [-0.4, -0.2) is 35.4 Å². The summed E-state index contributed by atoms with van der Waals surface area (Å²) >= 11 is 0. The minimum atomic E-state index is -4.72. The first-order valence-electron chi connectivity index (χ1n) is 10.7. The summed E-state index contributed by atoms with van der Waals surface area (Å²) in [7, 11) is 0. The Morgan fingerprint density at radius 1 is 1.22 bits per heavy atom. The van der Waals surface area contributed by atoms with E-state index in [9.17, 15) is 18.0 Å². The van der Waals surface area contributed by atoms with Crippen molar-refractivity contribution in [3.8, 4) is 5.75 Å². The van der Waals surface area contributed by atoms with Crippen LogP contribution in [0.4, 0.5) is 13.2 Å². The maximum absolute atomic E-state index is 12.3. The first kappa shape index (κ1) is 23.8. The summed E-state index contributed by atoms with van der Waals surface area (Å²) in [5.74, 6) is -0.229. The number of likely N-dealkylation sites (tertiary alicyclic amines) is 1. The second-order valence-electron chi connectivity index (χ2n) is 8.24. The fraction of sp³-hybridized carbons (Fsp3) is 0.458. The maximum atomic E-state index is 12.3. The van der Waals surface area contributed by atoms with Crippen LogP contribution in [0.5, 0.6) is 5.75 Å². The zero-order valence-electron chi connectivity index (χ0n) is 18.0. The Balaban J connectivity index is 1.67. The number of halogens is 3. The summed E-state index contributed by atoms with van der Waals surface area (Å²) in [6, 6.07) is 5.62. The first-order chi connectivity index (χ1) is 15.2. The van der Waals surface area contributed by atoms with E-state index in [1.807, 2.05) is 12.2 Å². The fourth-order valence-electron chi connectivity index (χ4n) is 3.96. The van der Waals surface area contributed by atoms with E-state index in [0.29, 0.717) is 12.3 Å². The molecule has 5 nitrogen and oxygen atoms in total. The summed E-state index contributed by atoms with van der Waals surface area (Å²) < 4.78 is 46.8. The molecule has 0 spiro atoms. The van der Waals surface area contributed by atoms with Gasteiger partial charge < -0.3 is 19.5 Å². The van der Waals surface area contributed by atoms with E-state index in [0.717, 1.165) is 43.5 Å². The number of rotatable bonds is 7. The Morgan fingerprint density at radius 3 is 2.66 bits per heavy atom. The molecule has 2 aliphatic rings. The van der Waals surface area contributed by atoms with Crippen molar-refractivity contribution < 1.29 is 32.5 Å². The van der Waals surface area contributed by atoms with Crippen LogP contribution in [0.1, 0.15) is 44.6 Å². The lowest BCUT2D eigenvalue weighted by Crippen LogP contribution is -2.35. The predicted molar refractivity (Wildman–Crippen MR) is 114 cm³/mol. The van der Waals surface area contributed by atoms with Gasteiger partial charge in [0.1, 0.15) is 18.1 Å². The lowest BCUT2D eigenvalue weighted by atomic mass is 9.94. The summed E-state index contributed by atoms with van der Waals surface area (Å²) in [6.45, 7) is 3.85. The standard InChI is InChI=1S/C24H28F3NO4/c1-17-4-2-6-22(31-16-18-7-9-21(10-8-18)32-24(25,26)27)14-20(12-17)28-11-3-5-19(15-28)13-23(29)30/h6-10,12,14,19H,2-5,11,13,15-16H2,1H3,(H,29,30)/b17-12-,20-14+,22-6+. The molecular formula is C24H28F3NO4. The molecule has 174 valence electrons. The number of allylic oxidation sites excluding steroid dienone is 4. The van der Waals surface area contributed by atoms with Crippen LogP contribution in [-0.2, 0) is 16.1 Å². The summed E-state index contributed by atoms with van der Waals surface area (Å²) in [5.41, 5.74) is 2.97. The summed E-state index contributed by atoms with van der Waals surface area (Å²) in [4.78, 5) is 13.3. The van der Waals surface area contributed by atoms with Gasteiger partial charge in [0.25, 0.3) is 0 Å². The van der Waals surface area contributed by atoms with Crippen molar-refractivity contribution in [2.45, 2.75) is 52.0 Å². The molecule has 0 saturated carbocycles. The second-order valence-corrected chi connectivity index (χ2v) is 8.24. The number of nitrogens with zero attached hydrogens (tertiary/aromatic N) is 1. The van der Waals surface area contributed by atoms with Gasteiger partial charge in [0, 0.05) is 31.3 Å². The third-order valence-corrected chi connectivity index (χ3v) is 5.48. The summed E-state index contributed by atoms with van der Waals surface area (Å²) in [5, 5.41) is 9.14. The number of carboxylic acid groups (broad SMARTS) is 1. The van der Waals surface area contributed by atoms with Crippen molar-refractivity contribution in [1.29, 1.82) is 0 Å². The topological polar surface area (TPSA) is 59.0 Å². The number of aliphatic carboxylic acids is 1. The van der Waals surface area contributed by atoms with Crippen LogP contribution >= 0.6 is 0 Å². The van der Waals surface area contributed by atoms with E-state index in [4.69, 9.17) is 9.84 Å². The Labute approximate surface area is 185 Å². The van der Waals surface area contributed by atoms with Crippen LogP contribution in [0.3, 0.4) is 0 Å². The lowest BCUT2D eigenvalue weighted by molar-refractivity contribution is -0.274. The predicted octanol–water partition coefficient (Wildman–Crippen LogP) is 5.80. The Kier molecular flexibility index (Phi) is 7.88. The number of piperidine rings is 1. The largest absolute Gasteiger partial charge is 0.573 e. The highest BCUT2D eigenvalue weighted by atomic mass is 19.4. The molecule has 32 heavy (non-hydrogen) atoms. The molecule has 0 amide bonds. The molecule has 1 aromatic rings. The molecule has 1 N–H and O–H groups in total. The van der Waals surface area contributed by atoms with E-state index in [1.165, 1.54) is 17.7 Å². The number of alkyl halides is 3. The van der Waals surface area contributed by atoms with Crippen LogP contribution in [0.2, 0.25) is 0 Å². The fourth-order valence-corrected chi connectivity index (χ4v) is 3.96. The molecule has 0 bridgehead atoms. The molecule has 1 atom stereocenters. The molecule has 1 heterocycles. The maximum Gasteiger partial charge on any atom is 0.573 e. The van der Waals surface area contributed by atoms with Gasteiger partial charge in [-0.1, -0.05) is 17.7 Å². The van der Waals surface area contributed by atoms with Crippen molar-refractivity contribution in [3.63, 3.8) is 0 Å². The first-order valence-corrected chi connectivity index (χ1v) is 10.7. The van der Waals surface area contributed by atoms with Gasteiger partial charge in [-0.25, -0.2) is 0 Å². The van der Waals surface area contributed by atoms with Gasteiger partial charge in [0.05, 0.1) is 0 Å². The van der Waals surface area contributed by atoms with Gasteiger partial charge in [0.15, 0.2) is 0 Å². The van der Waals surface area contributed by atoms with Gasteiger partial charge in [-0.3, -0.25) is 4.79 Å². The Hall–Kier alpha value is -2.90. The minimum Gasteiger partial charge on any atom is -0.489 e. The van der Waals surface area contributed by atoms with Crippen LogP contribution in [0.25, 0.3) is 0 Å². The Morgan fingerprint density at radius 2 is 1.97 bits per heavy atom. The molecule has 1 aliphatic heterocycles. The smallest absolute Gasteiger partial charge is 0.489 e. The molecule has 8 heteroatoms. The van der Waals surface area contributed by atoms with E-state index in [1.54, 1.807) is 12.1 Å². The van der Waals surface area contributed by atoms with Gasteiger partial charge >= 0.3 is 12.3 Å². The van der Waals surface area contributed by atoms with Gasteiger partial charge in [-0.15, -0.1) is 13.2 Å². The molecule has 0 aromatic heterocycles. The van der Waals surface area contributed by atoms with Crippen LogP contribution in [0, 0.1) is 5.92 Å². The number of hydrogen-bond donors (Lipinski definition) is 1. The zero-order valence-corrected chi connectivity index (χ0v) is 18.0. The average Bonchev–Trinajstić information content (AvgIpc) is 2.69. The molecule has 3 rings (SSSR count). The van der Waals surface area contributed by atoms with Crippen LogP contribution in [0.15, 0.2) is 59.5 Å². The normalized spacial score (nSPS) is 24.7. The molecule has 1 fully saturated rings. The number of ether oxygens (including phenoxy) is 2. The van der Waals surface area contributed by atoms with Crippen LogP contribution < -0.4 is 4.74 Å². The second kappa shape index (κ2) is 10.6. The van der Waals surface area contributed by atoms with Gasteiger partial charge in [0.2, 0.25) is 0 Å². The lowest BCUT2D eigenvalue weighted by Gasteiger charge is -2.35. The zero-order chi connectivity index (χ0) is 23.1. The molecule has 1 unspecified atom stereocenters. The van der Waals surface area contributed by atoms with Crippen molar-refractivity contribution in [2.75, 3.05) is 13.1 Å². The number of carbonyl (C=O) groups is 1. The quantitative estimate of drug-likeness (QED) is 0.568. The monoisotopic (exact) mass is 451 g/mol. The highest BCUT2D eigenvalue weighted by molar-refractivity contribution is 5.67. The van der Waals surface area contributed by atoms with Crippen molar-refractivity contribution in [3.05, 3.63) is 65.1 Å². The SMILES string of the molecule is C/C1=C/C(N2CCCC(CC(=O)O)C2)=C\C(OCc2ccc(OC(F)(F)F)cc2)=C/CC1. The molecular weight excluding hydrogens is 423 g/mol.